The highest BCUT2D eigenvalue weighted by atomic mass is 19.1. The van der Waals surface area contributed by atoms with Gasteiger partial charge >= 0.3 is 0 Å². The molecule has 3 N–H and O–H groups in total. The number of rotatable bonds is 8. The van der Waals surface area contributed by atoms with Crippen LogP contribution in [0.2, 0.25) is 0 Å². The van der Waals surface area contributed by atoms with Gasteiger partial charge in [-0.05, 0) is 42.0 Å². The zero-order valence-electron chi connectivity index (χ0n) is 21.9. The van der Waals surface area contributed by atoms with Crippen LogP contribution in [0.4, 0.5) is 4.39 Å². The lowest BCUT2D eigenvalue weighted by molar-refractivity contribution is -0.141. The minimum Gasteiger partial charge on any atom is -0.395 e. The molecule has 4 rings (SSSR count). The highest BCUT2D eigenvalue weighted by Gasteiger charge is 2.42. The maximum atomic E-state index is 13.7. The Kier molecular flexibility index (Phi) is 8.11. The molecule has 10 heteroatoms. The smallest absolute Gasteiger partial charge is 0.273 e. The Morgan fingerprint density at radius 3 is 2.53 bits per heavy atom. The van der Waals surface area contributed by atoms with Crippen molar-refractivity contribution < 1.29 is 23.9 Å². The first-order chi connectivity index (χ1) is 18.1. The van der Waals surface area contributed by atoms with Crippen molar-refractivity contribution in [3.05, 3.63) is 65.6 Å². The summed E-state index contributed by atoms with van der Waals surface area (Å²) >= 11 is 0. The van der Waals surface area contributed by atoms with E-state index in [4.69, 9.17) is 5.11 Å². The molecular formula is C28H34FN5O4. The average Bonchev–Trinajstić information content (AvgIpc) is 3.52. The minimum absolute atomic E-state index is 0.116. The molecule has 0 saturated carbocycles. The Balaban J connectivity index is 1.60. The first kappa shape index (κ1) is 27.3. The third-order valence-electron chi connectivity index (χ3n) is 6.76. The van der Waals surface area contributed by atoms with Gasteiger partial charge in [-0.3, -0.25) is 19.1 Å². The second-order valence-electron chi connectivity index (χ2n) is 10.6. The number of nitrogens with zero attached hydrogens (tertiary/aromatic N) is 3. The molecule has 3 amide bonds. The summed E-state index contributed by atoms with van der Waals surface area (Å²) in [7, 11) is 0. The fourth-order valence-corrected chi connectivity index (χ4v) is 4.79. The third kappa shape index (κ3) is 5.85. The molecule has 1 fully saturated rings. The van der Waals surface area contributed by atoms with Gasteiger partial charge in [-0.15, -0.1) is 0 Å². The predicted molar refractivity (Wildman–Crippen MR) is 141 cm³/mol. The number of carbonyl (C=O) groups is 3. The minimum atomic E-state index is -0.901. The number of hydrogen-bond acceptors (Lipinski definition) is 5. The summed E-state index contributed by atoms with van der Waals surface area (Å²) in [6.07, 6.45) is 1.19. The van der Waals surface area contributed by atoms with Crippen molar-refractivity contribution >= 4 is 28.6 Å². The van der Waals surface area contributed by atoms with Crippen LogP contribution < -0.4 is 10.6 Å². The van der Waals surface area contributed by atoms with Crippen LogP contribution in [0, 0.1) is 11.2 Å². The van der Waals surface area contributed by atoms with Crippen LogP contribution in [0.25, 0.3) is 10.9 Å². The van der Waals surface area contributed by atoms with E-state index in [-0.39, 0.29) is 36.5 Å². The number of aromatic nitrogens is 2. The number of hydrogen-bond donors (Lipinski definition) is 3. The normalized spacial score (nSPS) is 16.4. The summed E-state index contributed by atoms with van der Waals surface area (Å²) in [6, 6.07) is 11.9. The van der Waals surface area contributed by atoms with E-state index in [0.717, 1.165) is 11.1 Å². The molecule has 9 nitrogen and oxygen atoms in total. The van der Waals surface area contributed by atoms with E-state index in [1.54, 1.807) is 22.9 Å². The molecule has 38 heavy (non-hydrogen) atoms. The van der Waals surface area contributed by atoms with E-state index in [9.17, 15) is 18.8 Å². The number of likely N-dealkylation sites (tertiary alicyclic amines) is 1. The van der Waals surface area contributed by atoms with Crippen molar-refractivity contribution in [3.63, 3.8) is 0 Å². The number of aliphatic hydroxyl groups excluding tert-OH is 1. The van der Waals surface area contributed by atoms with Gasteiger partial charge in [0.05, 0.1) is 18.7 Å². The van der Waals surface area contributed by atoms with E-state index in [0.29, 0.717) is 31.3 Å². The molecule has 2 heterocycles. The number of fused-ring (bicyclic) bond motifs is 1. The van der Waals surface area contributed by atoms with Gasteiger partial charge in [-0.25, -0.2) is 4.39 Å². The van der Waals surface area contributed by atoms with Gasteiger partial charge in [0.25, 0.3) is 5.91 Å². The Morgan fingerprint density at radius 2 is 1.84 bits per heavy atom. The summed E-state index contributed by atoms with van der Waals surface area (Å²) in [5.74, 6) is -1.46. The van der Waals surface area contributed by atoms with Gasteiger partial charge in [0.1, 0.15) is 17.9 Å². The van der Waals surface area contributed by atoms with E-state index in [1.165, 1.54) is 17.0 Å². The topological polar surface area (TPSA) is 117 Å². The van der Waals surface area contributed by atoms with Crippen LogP contribution in [0.15, 0.2) is 48.5 Å². The summed E-state index contributed by atoms with van der Waals surface area (Å²) < 4.78 is 15.1. The predicted octanol–water partition coefficient (Wildman–Crippen LogP) is 2.47. The van der Waals surface area contributed by atoms with Gasteiger partial charge in [0, 0.05) is 18.5 Å². The molecule has 2 aromatic carbocycles. The summed E-state index contributed by atoms with van der Waals surface area (Å²) in [4.78, 5) is 41.4. The van der Waals surface area contributed by atoms with Crippen molar-refractivity contribution in [3.8, 4) is 0 Å². The second kappa shape index (κ2) is 11.3. The van der Waals surface area contributed by atoms with Gasteiger partial charge in [0.15, 0.2) is 5.69 Å². The third-order valence-corrected chi connectivity index (χ3v) is 6.76. The molecule has 3 aromatic rings. The largest absolute Gasteiger partial charge is 0.395 e. The quantitative estimate of drug-likeness (QED) is 0.420. The highest BCUT2D eigenvalue weighted by molar-refractivity contribution is 6.06. The van der Waals surface area contributed by atoms with Gasteiger partial charge < -0.3 is 20.6 Å². The first-order valence-electron chi connectivity index (χ1n) is 12.8. The van der Waals surface area contributed by atoms with Crippen LogP contribution in [-0.4, -0.2) is 69.3 Å². The van der Waals surface area contributed by atoms with E-state index < -0.39 is 23.4 Å². The molecule has 1 aliphatic heterocycles. The lowest BCUT2D eigenvalue weighted by Gasteiger charge is -2.35. The zero-order valence-corrected chi connectivity index (χ0v) is 21.9. The molecule has 1 aromatic heterocycles. The SMILES string of the molecule is CC(C)(C)C(NC(=O)c1nn(Cc2ccc(F)cc2)c2ccccc12)C(=O)N1CCC[C@H]1C(=O)NCCO. The monoisotopic (exact) mass is 523 g/mol. The molecule has 0 aliphatic carbocycles. The van der Waals surface area contributed by atoms with E-state index >= 15 is 0 Å². The lowest BCUT2D eigenvalue weighted by Crippen LogP contribution is -2.57. The number of halogens is 1. The Morgan fingerprint density at radius 1 is 1.13 bits per heavy atom. The molecule has 0 spiro atoms. The molecular weight excluding hydrogens is 489 g/mol. The molecule has 1 aliphatic rings. The van der Waals surface area contributed by atoms with Crippen LogP contribution >= 0.6 is 0 Å². The molecule has 1 unspecified atom stereocenters. The van der Waals surface area contributed by atoms with Crippen molar-refractivity contribution in [1.82, 2.24) is 25.3 Å². The van der Waals surface area contributed by atoms with Crippen molar-refractivity contribution in [1.29, 1.82) is 0 Å². The Labute approximate surface area is 221 Å². The highest BCUT2D eigenvalue weighted by Crippen LogP contribution is 2.27. The number of carbonyl (C=O) groups excluding carboxylic acids is 3. The Hall–Kier alpha value is -3.79. The molecule has 0 radical (unpaired) electrons. The van der Waals surface area contributed by atoms with Gasteiger partial charge in [-0.2, -0.15) is 5.10 Å². The van der Waals surface area contributed by atoms with E-state index in [2.05, 4.69) is 15.7 Å². The van der Waals surface area contributed by atoms with Crippen molar-refractivity contribution in [2.75, 3.05) is 19.7 Å². The summed E-state index contributed by atoms with van der Waals surface area (Å²) in [5.41, 5.74) is 1.10. The number of benzene rings is 2. The van der Waals surface area contributed by atoms with Gasteiger partial charge in [-0.1, -0.05) is 51.1 Å². The molecule has 2 atom stereocenters. The number of amides is 3. The maximum Gasteiger partial charge on any atom is 0.273 e. The van der Waals surface area contributed by atoms with Gasteiger partial charge in [0.2, 0.25) is 11.8 Å². The van der Waals surface area contributed by atoms with Crippen LogP contribution in [0.5, 0.6) is 0 Å². The Bertz CT molecular complexity index is 1320. The molecule has 202 valence electrons. The maximum absolute atomic E-state index is 13.7. The fourth-order valence-electron chi connectivity index (χ4n) is 4.79. The first-order valence-corrected chi connectivity index (χ1v) is 12.8. The standard InChI is InChI=1S/C28H34FN5O4/c1-28(2,3)24(27(38)33-15-6-9-22(33)25(36)30-14-16-35)31-26(37)23-20-7-4-5-8-21(20)34(32-23)17-18-10-12-19(29)13-11-18/h4-5,7-8,10-13,22,24,35H,6,9,14-17H2,1-3H3,(H,30,36)(H,31,37)/t22-,24?/m0/s1. The fraction of sp³-hybridized carbons (Fsp3) is 0.429. The number of nitrogens with one attached hydrogen (secondary N) is 2. The van der Waals surface area contributed by atoms with Crippen LogP contribution in [0.3, 0.4) is 0 Å². The molecule has 0 bridgehead atoms. The van der Waals surface area contributed by atoms with Crippen molar-refractivity contribution in [2.24, 2.45) is 5.41 Å². The molecule has 1 saturated heterocycles. The van der Waals surface area contributed by atoms with E-state index in [1.807, 2.05) is 39.0 Å². The van der Waals surface area contributed by atoms with Crippen molar-refractivity contribution in [2.45, 2.75) is 52.2 Å². The average molecular weight is 524 g/mol. The second-order valence-corrected chi connectivity index (χ2v) is 10.6. The van der Waals surface area contributed by atoms with Crippen LogP contribution in [0.1, 0.15) is 49.7 Å². The van der Waals surface area contributed by atoms with Crippen LogP contribution in [-0.2, 0) is 16.1 Å². The lowest BCUT2D eigenvalue weighted by atomic mass is 9.85. The number of aliphatic hydroxyl groups is 1. The zero-order chi connectivity index (χ0) is 27.4. The number of para-hydroxylation sites is 1. The summed E-state index contributed by atoms with van der Waals surface area (Å²) in [6.45, 7) is 6.26. The summed E-state index contributed by atoms with van der Waals surface area (Å²) in [5, 5.41) is 19.8.